The van der Waals surface area contributed by atoms with Crippen molar-refractivity contribution in [3.8, 4) is 0 Å². The predicted molar refractivity (Wildman–Crippen MR) is 138 cm³/mol. The summed E-state index contributed by atoms with van der Waals surface area (Å²) in [5.41, 5.74) is 2.77. The number of Topliss-reactive ketones (excluding diaryl/α,β-unsaturated/α-hetero) is 1. The van der Waals surface area contributed by atoms with E-state index in [4.69, 9.17) is 11.6 Å². The largest absolute Gasteiger partial charge is 0.373 e. The molecule has 0 saturated carbocycles. The van der Waals surface area contributed by atoms with E-state index in [1.165, 1.54) is 17.0 Å². The van der Waals surface area contributed by atoms with Gasteiger partial charge in [-0.1, -0.05) is 23.7 Å². The zero-order valence-corrected chi connectivity index (χ0v) is 22.1. The Balaban J connectivity index is 1.55. The fraction of sp³-hybridized carbons (Fsp3) is 0.444. The number of halogens is 2. The Hall–Kier alpha value is -2.97. The first-order valence-corrected chi connectivity index (χ1v) is 12.4. The van der Waals surface area contributed by atoms with E-state index in [9.17, 15) is 18.8 Å². The lowest BCUT2D eigenvalue weighted by molar-refractivity contribution is -0.143. The van der Waals surface area contributed by atoms with Crippen molar-refractivity contribution in [2.24, 2.45) is 0 Å². The van der Waals surface area contributed by atoms with E-state index in [1.54, 1.807) is 38.4 Å². The molecule has 9 heteroatoms. The van der Waals surface area contributed by atoms with E-state index in [0.29, 0.717) is 42.3 Å². The Morgan fingerprint density at radius 3 is 2.33 bits per heavy atom. The van der Waals surface area contributed by atoms with Crippen LogP contribution in [0.3, 0.4) is 0 Å². The lowest BCUT2D eigenvalue weighted by atomic mass is 9.94. The third kappa shape index (κ3) is 4.97. The van der Waals surface area contributed by atoms with Crippen LogP contribution in [-0.4, -0.2) is 85.2 Å². The predicted octanol–water partition coefficient (Wildman–Crippen LogP) is 3.40. The number of anilines is 1. The van der Waals surface area contributed by atoms with Gasteiger partial charge in [0.1, 0.15) is 5.82 Å². The second-order valence-corrected chi connectivity index (χ2v) is 10.5. The van der Waals surface area contributed by atoms with Gasteiger partial charge in [0.15, 0.2) is 0 Å². The van der Waals surface area contributed by atoms with Crippen LogP contribution in [0.5, 0.6) is 0 Å². The van der Waals surface area contributed by atoms with Crippen molar-refractivity contribution in [3.63, 3.8) is 0 Å². The molecule has 192 valence electrons. The molecule has 2 heterocycles. The molecule has 7 nitrogen and oxygen atoms in total. The van der Waals surface area contributed by atoms with Crippen LogP contribution in [0.1, 0.15) is 41.3 Å². The molecule has 2 aromatic carbocycles. The van der Waals surface area contributed by atoms with Gasteiger partial charge in [0.05, 0.1) is 16.5 Å². The van der Waals surface area contributed by atoms with Crippen LogP contribution in [0.15, 0.2) is 36.4 Å². The first-order chi connectivity index (χ1) is 17.0. The summed E-state index contributed by atoms with van der Waals surface area (Å²) < 4.78 is 13.3. The van der Waals surface area contributed by atoms with E-state index in [2.05, 4.69) is 11.8 Å². The normalized spacial score (nSPS) is 21.9. The smallest absolute Gasteiger partial charge is 0.290 e. The maximum Gasteiger partial charge on any atom is 0.290 e. The average molecular weight is 515 g/mol. The van der Waals surface area contributed by atoms with E-state index < -0.39 is 17.6 Å². The Kier molecular flexibility index (Phi) is 7.38. The second-order valence-electron chi connectivity index (χ2n) is 10.1. The van der Waals surface area contributed by atoms with Crippen LogP contribution >= 0.6 is 11.6 Å². The molecule has 0 spiro atoms. The fourth-order valence-electron chi connectivity index (χ4n) is 5.10. The lowest BCUT2D eigenvalue weighted by Gasteiger charge is -2.44. The molecule has 36 heavy (non-hydrogen) atoms. The Morgan fingerprint density at radius 1 is 1.03 bits per heavy atom. The highest BCUT2D eigenvalue weighted by Gasteiger charge is 2.39. The van der Waals surface area contributed by atoms with E-state index in [0.717, 1.165) is 11.3 Å². The first kappa shape index (κ1) is 26.1. The zero-order chi connectivity index (χ0) is 26.3. The molecule has 0 bridgehead atoms. The van der Waals surface area contributed by atoms with Gasteiger partial charge in [-0.2, -0.15) is 0 Å². The van der Waals surface area contributed by atoms with Crippen molar-refractivity contribution in [1.29, 1.82) is 0 Å². The minimum atomic E-state index is -0.646. The molecule has 0 radical (unpaired) electrons. The molecule has 2 aliphatic rings. The maximum atomic E-state index is 13.7. The molecule has 4 rings (SSSR count). The number of piperazine rings is 1. The van der Waals surface area contributed by atoms with Gasteiger partial charge in [-0.3, -0.25) is 19.3 Å². The fourth-order valence-corrected chi connectivity index (χ4v) is 5.34. The van der Waals surface area contributed by atoms with Crippen molar-refractivity contribution >= 4 is 34.9 Å². The van der Waals surface area contributed by atoms with Crippen LogP contribution in [0, 0.1) is 5.82 Å². The number of benzene rings is 2. The summed E-state index contributed by atoms with van der Waals surface area (Å²) >= 11 is 6.59. The summed E-state index contributed by atoms with van der Waals surface area (Å²) in [6, 6.07) is 9.90. The summed E-state index contributed by atoms with van der Waals surface area (Å²) in [5.74, 6) is -2.16. The molecule has 2 amide bonds. The average Bonchev–Trinajstić information content (AvgIpc) is 3.15. The Morgan fingerprint density at radius 2 is 1.69 bits per heavy atom. The molecule has 1 fully saturated rings. The highest BCUT2D eigenvalue weighted by atomic mass is 35.5. The van der Waals surface area contributed by atoms with Gasteiger partial charge >= 0.3 is 0 Å². The number of carbonyl (C=O) groups excluding carboxylic acids is 3. The van der Waals surface area contributed by atoms with Crippen LogP contribution in [0.4, 0.5) is 10.1 Å². The molecule has 2 aliphatic heterocycles. The van der Waals surface area contributed by atoms with Gasteiger partial charge in [0.2, 0.25) is 5.78 Å². The van der Waals surface area contributed by atoms with Crippen LogP contribution in [0.2, 0.25) is 5.02 Å². The topological polar surface area (TPSA) is 64.2 Å². The lowest BCUT2D eigenvalue weighted by Crippen LogP contribution is -2.57. The highest BCUT2D eigenvalue weighted by Crippen LogP contribution is 2.40. The zero-order valence-electron chi connectivity index (χ0n) is 21.3. The van der Waals surface area contributed by atoms with E-state index in [-0.39, 0.29) is 23.8 Å². The van der Waals surface area contributed by atoms with Crippen molar-refractivity contribution < 1.29 is 18.8 Å². The second kappa shape index (κ2) is 10.2. The van der Waals surface area contributed by atoms with Gasteiger partial charge < -0.3 is 14.7 Å². The number of likely N-dealkylation sites (N-methyl/N-ethyl adjacent to an activating group) is 2. The number of rotatable bonds is 5. The van der Waals surface area contributed by atoms with Gasteiger partial charge in [-0.15, -0.1) is 0 Å². The summed E-state index contributed by atoms with van der Waals surface area (Å²) in [6.45, 7) is 6.26. The minimum Gasteiger partial charge on any atom is -0.373 e. The highest BCUT2D eigenvalue weighted by molar-refractivity contribution is 6.39. The number of hydrogen-bond donors (Lipinski definition) is 0. The Labute approximate surface area is 216 Å². The van der Waals surface area contributed by atoms with Crippen LogP contribution in [0.25, 0.3) is 0 Å². The maximum absolute atomic E-state index is 13.7. The van der Waals surface area contributed by atoms with Gasteiger partial charge in [0, 0.05) is 65.1 Å². The summed E-state index contributed by atoms with van der Waals surface area (Å²) in [4.78, 5) is 46.2. The Bertz CT molecular complexity index is 1190. The molecule has 0 aromatic heterocycles. The number of hydrogen-bond acceptors (Lipinski definition) is 5. The molecular formula is C27H32ClFN4O3. The summed E-state index contributed by atoms with van der Waals surface area (Å²) in [6.07, 6.45) is 0. The molecule has 3 atom stereocenters. The number of nitrogens with zero attached hydrogens (tertiary/aromatic N) is 4. The van der Waals surface area contributed by atoms with Gasteiger partial charge in [0.25, 0.3) is 11.8 Å². The third-order valence-electron chi connectivity index (χ3n) is 7.20. The molecule has 2 aromatic rings. The first-order valence-electron chi connectivity index (χ1n) is 12.1. The molecule has 3 unspecified atom stereocenters. The molecular weight excluding hydrogens is 483 g/mol. The standard InChI is InChI=1S/C27H32ClFN4O3/c1-16-13-33(17(2)12-32(16)14-18-6-8-19(29)9-7-18)26(35)21-10-20-22(25(34)27(36)30(3)4)15-31(5)24(20)11-23(21)28/h6-11,16-17,22H,12-15H2,1-5H3. The van der Waals surface area contributed by atoms with Crippen molar-refractivity contribution in [2.45, 2.75) is 38.4 Å². The number of amides is 2. The number of ketones is 1. The quantitative estimate of drug-likeness (QED) is 0.572. The molecule has 0 N–H and O–H groups in total. The SMILES string of the molecule is CC1CN(C(=O)c2cc3c(cc2Cl)N(C)CC3C(=O)C(=O)N(C)C)C(C)CN1Cc1ccc(F)cc1. The third-order valence-corrected chi connectivity index (χ3v) is 7.51. The van der Waals surface area contributed by atoms with E-state index in [1.807, 2.05) is 23.8 Å². The summed E-state index contributed by atoms with van der Waals surface area (Å²) in [5, 5.41) is 0.325. The van der Waals surface area contributed by atoms with Crippen molar-refractivity contribution in [3.05, 3.63) is 63.9 Å². The van der Waals surface area contributed by atoms with E-state index >= 15 is 0 Å². The van der Waals surface area contributed by atoms with Gasteiger partial charge in [-0.05, 0) is 49.2 Å². The number of fused-ring (bicyclic) bond motifs is 1. The molecule has 1 saturated heterocycles. The van der Waals surface area contributed by atoms with Crippen molar-refractivity contribution in [1.82, 2.24) is 14.7 Å². The minimum absolute atomic E-state index is 0.0751. The monoisotopic (exact) mass is 514 g/mol. The van der Waals surface area contributed by atoms with Crippen LogP contribution in [-0.2, 0) is 16.1 Å². The summed E-state index contributed by atoms with van der Waals surface area (Å²) in [7, 11) is 4.94. The van der Waals surface area contributed by atoms with Crippen LogP contribution < -0.4 is 4.90 Å². The van der Waals surface area contributed by atoms with Crippen molar-refractivity contribution in [2.75, 3.05) is 45.7 Å². The molecule has 0 aliphatic carbocycles. The number of carbonyl (C=O) groups is 3. The van der Waals surface area contributed by atoms with Gasteiger partial charge in [-0.25, -0.2) is 4.39 Å².